The van der Waals surface area contributed by atoms with Crippen LogP contribution in [0.4, 0.5) is 5.82 Å². The molecule has 1 N–H and O–H groups in total. The topological polar surface area (TPSA) is 47.0 Å². The number of hydrogen-bond acceptors (Lipinski definition) is 4. The number of hydrogen-bond donors (Lipinski definition) is 1. The minimum Gasteiger partial charge on any atom is -0.353 e. The van der Waals surface area contributed by atoms with Crippen LogP contribution in [0.25, 0.3) is 0 Å². The lowest BCUT2D eigenvalue weighted by atomic mass is 10.1. The third-order valence-corrected chi connectivity index (χ3v) is 5.54. The maximum absolute atomic E-state index is 4.49. The Bertz CT molecular complexity index is 753. The lowest BCUT2D eigenvalue weighted by molar-refractivity contribution is 0.296. The average molecular weight is 522 g/mol. The van der Waals surface area contributed by atoms with Gasteiger partial charge in [-0.15, -0.1) is 24.0 Å². The summed E-state index contributed by atoms with van der Waals surface area (Å²) in [6, 6.07) is 15.0. The Labute approximate surface area is 198 Å². The molecule has 164 valence electrons. The first-order valence-corrected chi connectivity index (χ1v) is 10.6. The molecule has 0 amide bonds. The molecular formula is C23H35IN6. The molecule has 1 aliphatic rings. The van der Waals surface area contributed by atoms with Gasteiger partial charge in [-0.3, -0.25) is 9.89 Å². The van der Waals surface area contributed by atoms with E-state index in [2.05, 4.69) is 74.2 Å². The number of halogens is 1. The van der Waals surface area contributed by atoms with Crippen molar-refractivity contribution in [2.75, 3.05) is 51.2 Å². The molecular weight excluding hydrogens is 487 g/mol. The number of aliphatic imine (C=N–C) groups is 1. The Balaban J connectivity index is 0.00000320. The summed E-state index contributed by atoms with van der Waals surface area (Å²) >= 11 is 0. The molecule has 6 nitrogen and oxygen atoms in total. The molecule has 1 fully saturated rings. The smallest absolute Gasteiger partial charge is 0.194 e. The van der Waals surface area contributed by atoms with Crippen LogP contribution in [0.1, 0.15) is 25.0 Å². The standard InChI is InChI=1S/C23H34N6.HI/c1-4-27(5-2)19-21-11-9-20(10-12-21)18-26-23(24-3)29-16-14-28(15-17-29)22-8-6-7-13-25-22;/h6-13H,4-5,14-19H2,1-3H3,(H,24,26);1H. The molecule has 1 aliphatic heterocycles. The zero-order valence-electron chi connectivity index (χ0n) is 18.4. The van der Waals surface area contributed by atoms with E-state index in [9.17, 15) is 0 Å². The number of nitrogens with one attached hydrogen (secondary N) is 1. The molecule has 0 atom stereocenters. The predicted molar refractivity (Wildman–Crippen MR) is 137 cm³/mol. The number of aromatic nitrogens is 1. The fourth-order valence-corrected chi connectivity index (χ4v) is 3.67. The van der Waals surface area contributed by atoms with Gasteiger partial charge in [-0.2, -0.15) is 0 Å². The first kappa shape index (κ1) is 24.4. The molecule has 0 spiro atoms. The number of nitrogens with zero attached hydrogens (tertiary/aromatic N) is 5. The molecule has 3 rings (SSSR count). The second kappa shape index (κ2) is 12.7. The molecule has 2 heterocycles. The highest BCUT2D eigenvalue weighted by atomic mass is 127. The van der Waals surface area contributed by atoms with Gasteiger partial charge in [0.1, 0.15) is 5.82 Å². The summed E-state index contributed by atoms with van der Waals surface area (Å²) in [5.74, 6) is 2.03. The summed E-state index contributed by atoms with van der Waals surface area (Å²) in [6.45, 7) is 12.2. The van der Waals surface area contributed by atoms with Gasteiger partial charge in [0.15, 0.2) is 5.96 Å². The summed E-state index contributed by atoms with van der Waals surface area (Å²) in [5.41, 5.74) is 2.65. The molecule has 1 saturated heterocycles. The highest BCUT2D eigenvalue weighted by molar-refractivity contribution is 14.0. The quantitative estimate of drug-likeness (QED) is 0.343. The van der Waals surface area contributed by atoms with E-state index >= 15 is 0 Å². The van der Waals surface area contributed by atoms with Crippen LogP contribution in [0.15, 0.2) is 53.7 Å². The van der Waals surface area contributed by atoms with Crippen LogP contribution >= 0.6 is 24.0 Å². The normalized spacial score (nSPS) is 14.6. The van der Waals surface area contributed by atoms with Crippen molar-refractivity contribution in [3.05, 3.63) is 59.8 Å². The first-order valence-electron chi connectivity index (χ1n) is 10.6. The van der Waals surface area contributed by atoms with Crippen molar-refractivity contribution in [1.29, 1.82) is 0 Å². The lowest BCUT2D eigenvalue weighted by Crippen LogP contribution is -2.52. The Hall–Kier alpha value is -1.87. The maximum Gasteiger partial charge on any atom is 0.194 e. The second-order valence-electron chi connectivity index (χ2n) is 7.34. The van der Waals surface area contributed by atoms with Crippen molar-refractivity contribution in [3.8, 4) is 0 Å². The predicted octanol–water partition coefficient (Wildman–Crippen LogP) is 3.44. The van der Waals surface area contributed by atoms with Crippen LogP contribution in [0, 0.1) is 0 Å². The first-order chi connectivity index (χ1) is 14.2. The summed E-state index contributed by atoms with van der Waals surface area (Å²) in [7, 11) is 1.86. The van der Waals surface area contributed by atoms with Crippen LogP contribution in [-0.4, -0.2) is 67.1 Å². The second-order valence-corrected chi connectivity index (χ2v) is 7.34. The average Bonchev–Trinajstić information content (AvgIpc) is 2.80. The summed E-state index contributed by atoms with van der Waals surface area (Å²) in [4.78, 5) is 16.0. The van der Waals surface area contributed by atoms with Crippen LogP contribution in [0.3, 0.4) is 0 Å². The van der Waals surface area contributed by atoms with Gasteiger partial charge in [0, 0.05) is 52.5 Å². The summed E-state index contributed by atoms with van der Waals surface area (Å²) in [6.07, 6.45) is 1.86. The van der Waals surface area contributed by atoms with E-state index in [1.165, 1.54) is 11.1 Å². The van der Waals surface area contributed by atoms with Gasteiger partial charge in [-0.1, -0.05) is 44.2 Å². The summed E-state index contributed by atoms with van der Waals surface area (Å²) in [5, 5.41) is 3.52. The van der Waals surface area contributed by atoms with Crippen LogP contribution in [-0.2, 0) is 13.1 Å². The molecule has 0 saturated carbocycles. The molecule has 2 aromatic rings. The number of pyridine rings is 1. The zero-order valence-corrected chi connectivity index (χ0v) is 20.8. The third kappa shape index (κ3) is 6.84. The molecule has 30 heavy (non-hydrogen) atoms. The van der Waals surface area contributed by atoms with E-state index < -0.39 is 0 Å². The van der Waals surface area contributed by atoms with E-state index in [4.69, 9.17) is 0 Å². The van der Waals surface area contributed by atoms with E-state index in [0.29, 0.717) is 0 Å². The van der Waals surface area contributed by atoms with Crippen molar-refractivity contribution in [2.45, 2.75) is 26.9 Å². The fraction of sp³-hybridized carbons (Fsp3) is 0.478. The van der Waals surface area contributed by atoms with E-state index in [1.54, 1.807) is 0 Å². The molecule has 0 bridgehead atoms. The number of guanidine groups is 1. The van der Waals surface area contributed by atoms with Crippen molar-refractivity contribution in [1.82, 2.24) is 20.1 Å². The number of rotatable bonds is 7. The zero-order chi connectivity index (χ0) is 20.5. The van der Waals surface area contributed by atoms with E-state index in [0.717, 1.165) is 64.1 Å². The van der Waals surface area contributed by atoms with Crippen LogP contribution < -0.4 is 10.2 Å². The molecule has 0 radical (unpaired) electrons. The van der Waals surface area contributed by atoms with Crippen molar-refractivity contribution >= 4 is 35.8 Å². The van der Waals surface area contributed by atoms with Gasteiger partial charge < -0.3 is 15.1 Å². The fourth-order valence-electron chi connectivity index (χ4n) is 3.67. The molecule has 1 aromatic carbocycles. The summed E-state index contributed by atoms with van der Waals surface area (Å²) < 4.78 is 0. The van der Waals surface area contributed by atoms with Gasteiger partial charge >= 0.3 is 0 Å². The van der Waals surface area contributed by atoms with Crippen molar-refractivity contribution in [3.63, 3.8) is 0 Å². The Morgan fingerprint density at radius 1 is 1.00 bits per heavy atom. The van der Waals surface area contributed by atoms with Gasteiger partial charge in [0.25, 0.3) is 0 Å². The Morgan fingerprint density at radius 3 is 2.23 bits per heavy atom. The van der Waals surface area contributed by atoms with Crippen LogP contribution in [0.2, 0.25) is 0 Å². The van der Waals surface area contributed by atoms with Gasteiger partial charge in [-0.25, -0.2) is 4.98 Å². The van der Waals surface area contributed by atoms with Crippen molar-refractivity contribution in [2.24, 2.45) is 4.99 Å². The Morgan fingerprint density at radius 2 is 1.67 bits per heavy atom. The van der Waals surface area contributed by atoms with Crippen LogP contribution in [0.5, 0.6) is 0 Å². The highest BCUT2D eigenvalue weighted by Gasteiger charge is 2.20. The molecule has 1 aromatic heterocycles. The highest BCUT2D eigenvalue weighted by Crippen LogP contribution is 2.13. The third-order valence-electron chi connectivity index (χ3n) is 5.54. The largest absolute Gasteiger partial charge is 0.353 e. The maximum atomic E-state index is 4.49. The minimum atomic E-state index is 0. The SMILES string of the molecule is CCN(CC)Cc1ccc(CNC(=NC)N2CCN(c3ccccn3)CC2)cc1.I. The minimum absolute atomic E-state index is 0. The lowest BCUT2D eigenvalue weighted by Gasteiger charge is -2.37. The monoisotopic (exact) mass is 522 g/mol. The van der Waals surface area contributed by atoms with E-state index in [1.807, 2.05) is 25.4 Å². The molecule has 0 unspecified atom stereocenters. The van der Waals surface area contributed by atoms with E-state index in [-0.39, 0.29) is 24.0 Å². The van der Waals surface area contributed by atoms with Gasteiger partial charge in [0.05, 0.1) is 0 Å². The Kier molecular flexibility index (Phi) is 10.4. The molecule has 7 heteroatoms. The van der Waals surface area contributed by atoms with Gasteiger partial charge in [-0.05, 0) is 36.3 Å². The number of piperazine rings is 1. The van der Waals surface area contributed by atoms with Crippen molar-refractivity contribution < 1.29 is 0 Å². The molecule has 0 aliphatic carbocycles. The van der Waals surface area contributed by atoms with Gasteiger partial charge in [0.2, 0.25) is 0 Å². The number of anilines is 1. The number of benzene rings is 1.